The Hall–Kier alpha value is -1.69. The number of aromatic nitrogens is 1. The fraction of sp³-hybridized carbons (Fsp3) is 0.583. The molecule has 1 saturated heterocycles. The third-order valence-corrected chi connectivity index (χ3v) is 3.25. The summed E-state index contributed by atoms with van der Waals surface area (Å²) >= 11 is 0. The highest BCUT2D eigenvalue weighted by Crippen LogP contribution is 2.21. The Bertz CT molecular complexity index is 450. The molecule has 1 fully saturated rings. The highest BCUT2D eigenvalue weighted by atomic mass is 16.6. The monoisotopic (exact) mass is 250 g/mol. The Morgan fingerprint density at radius 3 is 3.06 bits per heavy atom. The predicted molar refractivity (Wildman–Crippen MR) is 69.7 cm³/mol. The van der Waals surface area contributed by atoms with Crippen LogP contribution in [0.4, 0.5) is 11.5 Å². The molecule has 1 aliphatic heterocycles. The normalized spacial score (nSPS) is 23.7. The van der Waals surface area contributed by atoms with Crippen LogP contribution in [0.2, 0.25) is 0 Å². The van der Waals surface area contributed by atoms with E-state index >= 15 is 0 Å². The number of anilines is 1. The van der Waals surface area contributed by atoms with Crippen molar-refractivity contribution >= 4 is 11.5 Å². The van der Waals surface area contributed by atoms with Crippen LogP contribution in [0, 0.1) is 17.0 Å². The van der Waals surface area contributed by atoms with Gasteiger partial charge in [0.05, 0.1) is 11.0 Å². The number of hydrogen-bond donors (Lipinski definition) is 2. The topological polar surface area (TPSA) is 80.1 Å². The number of rotatable bonds is 3. The van der Waals surface area contributed by atoms with Crippen molar-refractivity contribution in [2.75, 3.05) is 11.9 Å². The van der Waals surface area contributed by atoms with Gasteiger partial charge in [0.25, 0.3) is 5.69 Å². The minimum Gasteiger partial charge on any atom is -0.367 e. The van der Waals surface area contributed by atoms with E-state index in [2.05, 4.69) is 22.5 Å². The summed E-state index contributed by atoms with van der Waals surface area (Å²) in [5, 5.41) is 17.5. The number of nitrogens with zero attached hydrogens (tertiary/aromatic N) is 2. The molecule has 0 radical (unpaired) electrons. The van der Waals surface area contributed by atoms with Crippen molar-refractivity contribution in [2.45, 2.75) is 38.8 Å². The third-order valence-electron chi connectivity index (χ3n) is 3.25. The molecule has 0 saturated carbocycles. The van der Waals surface area contributed by atoms with Crippen LogP contribution >= 0.6 is 0 Å². The van der Waals surface area contributed by atoms with Crippen LogP contribution in [0.15, 0.2) is 12.3 Å². The Kier molecular flexibility index (Phi) is 3.76. The molecule has 2 heterocycles. The summed E-state index contributed by atoms with van der Waals surface area (Å²) in [6, 6.07) is 2.31. The molecule has 6 heteroatoms. The van der Waals surface area contributed by atoms with Gasteiger partial charge < -0.3 is 10.6 Å². The smallest absolute Gasteiger partial charge is 0.277 e. The van der Waals surface area contributed by atoms with Crippen LogP contribution in [0.1, 0.15) is 25.3 Å². The Morgan fingerprint density at radius 2 is 2.39 bits per heavy atom. The lowest BCUT2D eigenvalue weighted by atomic mass is 10.0. The summed E-state index contributed by atoms with van der Waals surface area (Å²) in [5.41, 5.74) is 0.707. The summed E-state index contributed by atoms with van der Waals surface area (Å²) in [4.78, 5) is 14.7. The molecule has 1 aromatic heterocycles. The standard InChI is InChI=1S/C12H18N4O2/c1-8-7-14-12(6-11(8)16(17)18)15-10-3-4-13-9(2)5-10/h6-7,9-10,13H,3-5H2,1-2H3,(H,14,15). The lowest BCUT2D eigenvalue weighted by Crippen LogP contribution is -2.41. The second kappa shape index (κ2) is 5.30. The van der Waals surface area contributed by atoms with Gasteiger partial charge in [-0.25, -0.2) is 4.98 Å². The molecule has 2 N–H and O–H groups in total. The molecule has 6 nitrogen and oxygen atoms in total. The minimum atomic E-state index is -0.368. The molecule has 18 heavy (non-hydrogen) atoms. The maximum atomic E-state index is 10.9. The number of nitrogens with one attached hydrogen (secondary N) is 2. The van der Waals surface area contributed by atoms with Crippen LogP contribution < -0.4 is 10.6 Å². The molecule has 0 aromatic carbocycles. The first-order chi connectivity index (χ1) is 8.56. The van der Waals surface area contributed by atoms with Gasteiger partial charge in [-0.1, -0.05) is 0 Å². The van der Waals surface area contributed by atoms with Gasteiger partial charge in [0.15, 0.2) is 0 Å². The van der Waals surface area contributed by atoms with Gasteiger partial charge in [0.2, 0.25) is 0 Å². The molecule has 2 unspecified atom stereocenters. The van der Waals surface area contributed by atoms with Gasteiger partial charge in [0, 0.05) is 23.8 Å². The quantitative estimate of drug-likeness (QED) is 0.632. The van der Waals surface area contributed by atoms with Crippen molar-refractivity contribution < 1.29 is 4.92 Å². The fourth-order valence-corrected chi connectivity index (χ4v) is 2.26. The lowest BCUT2D eigenvalue weighted by Gasteiger charge is -2.28. The molecule has 98 valence electrons. The van der Waals surface area contributed by atoms with E-state index in [0.717, 1.165) is 19.4 Å². The second-order valence-corrected chi connectivity index (χ2v) is 4.83. The van der Waals surface area contributed by atoms with E-state index in [4.69, 9.17) is 0 Å². The van der Waals surface area contributed by atoms with Crippen LogP contribution in [0.25, 0.3) is 0 Å². The van der Waals surface area contributed by atoms with Gasteiger partial charge in [-0.15, -0.1) is 0 Å². The highest BCUT2D eigenvalue weighted by molar-refractivity contribution is 5.49. The molecule has 1 aromatic rings. The molecule has 0 aliphatic carbocycles. The zero-order valence-corrected chi connectivity index (χ0v) is 10.6. The first-order valence-corrected chi connectivity index (χ1v) is 6.17. The molecule has 0 spiro atoms. The minimum absolute atomic E-state index is 0.120. The molecule has 1 aliphatic rings. The Labute approximate surface area is 106 Å². The average molecular weight is 250 g/mol. The van der Waals surface area contributed by atoms with Crippen LogP contribution in [0.3, 0.4) is 0 Å². The van der Waals surface area contributed by atoms with Crippen LogP contribution in [-0.4, -0.2) is 28.5 Å². The molecule has 0 amide bonds. The molecular formula is C12H18N4O2. The first kappa shape index (κ1) is 12.8. The number of hydrogen-bond acceptors (Lipinski definition) is 5. The number of pyridine rings is 1. The van der Waals surface area contributed by atoms with Crippen molar-refractivity contribution in [3.8, 4) is 0 Å². The van der Waals surface area contributed by atoms with Gasteiger partial charge in [-0.3, -0.25) is 10.1 Å². The van der Waals surface area contributed by atoms with E-state index in [0.29, 0.717) is 23.5 Å². The van der Waals surface area contributed by atoms with Crippen molar-refractivity contribution in [1.82, 2.24) is 10.3 Å². The SMILES string of the molecule is Cc1cnc(NC2CCNC(C)C2)cc1[N+](=O)[O-]. The van der Waals surface area contributed by atoms with Gasteiger partial charge >= 0.3 is 0 Å². The van der Waals surface area contributed by atoms with Gasteiger partial charge in [-0.2, -0.15) is 0 Å². The fourth-order valence-electron chi connectivity index (χ4n) is 2.26. The number of piperidine rings is 1. The molecule has 0 bridgehead atoms. The largest absolute Gasteiger partial charge is 0.367 e. The van der Waals surface area contributed by atoms with Gasteiger partial charge in [0.1, 0.15) is 5.82 Å². The maximum Gasteiger partial charge on any atom is 0.277 e. The van der Waals surface area contributed by atoms with E-state index in [-0.39, 0.29) is 10.6 Å². The molecular weight excluding hydrogens is 232 g/mol. The van der Waals surface area contributed by atoms with Crippen molar-refractivity contribution in [3.05, 3.63) is 27.9 Å². The average Bonchev–Trinajstić information content (AvgIpc) is 2.31. The second-order valence-electron chi connectivity index (χ2n) is 4.83. The van der Waals surface area contributed by atoms with E-state index < -0.39 is 0 Å². The molecule has 2 rings (SSSR count). The summed E-state index contributed by atoms with van der Waals surface area (Å²) in [6.45, 7) is 4.80. The van der Waals surface area contributed by atoms with E-state index in [1.807, 2.05) is 0 Å². The van der Waals surface area contributed by atoms with E-state index in [1.54, 1.807) is 13.1 Å². The van der Waals surface area contributed by atoms with E-state index in [9.17, 15) is 10.1 Å². The third kappa shape index (κ3) is 2.95. The highest BCUT2D eigenvalue weighted by Gasteiger charge is 2.19. The number of aryl methyl sites for hydroxylation is 1. The Balaban J connectivity index is 2.09. The summed E-state index contributed by atoms with van der Waals surface area (Å²) in [6.07, 6.45) is 3.56. The zero-order valence-electron chi connectivity index (χ0n) is 10.6. The zero-order chi connectivity index (χ0) is 13.1. The van der Waals surface area contributed by atoms with Crippen molar-refractivity contribution in [2.24, 2.45) is 0 Å². The predicted octanol–water partition coefficient (Wildman–Crippen LogP) is 1.85. The molecule has 2 atom stereocenters. The number of nitro groups is 1. The van der Waals surface area contributed by atoms with Gasteiger partial charge in [-0.05, 0) is 33.2 Å². The van der Waals surface area contributed by atoms with Crippen LogP contribution in [-0.2, 0) is 0 Å². The lowest BCUT2D eigenvalue weighted by molar-refractivity contribution is -0.385. The van der Waals surface area contributed by atoms with Crippen LogP contribution in [0.5, 0.6) is 0 Å². The summed E-state index contributed by atoms with van der Waals surface area (Å²) < 4.78 is 0. The Morgan fingerprint density at radius 1 is 1.61 bits per heavy atom. The maximum absolute atomic E-state index is 10.9. The van der Waals surface area contributed by atoms with E-state index in [1.165, 1.54) is 6.07 Å². The summed E-state index contributed by atoms with van der Waals surface area (Å²) in [7, 11) is 0. The van der Waals surface area contributed by atoms with Crippen molar-refractivity contribution in [1.29, 1.82) is 0 Å². The van der Waals surface area contributed by atoms with Crippen molar-refractivity contribution in [3.63, 3.8) is 0 Å². The first-order valence-electron chi connectivity index (χ1n) is 6.17. The summed E-state index contributed by atoms with van der Waals surface area (Å²) in [5.74, 6) is 0.589.